The van der Waals surface area contributed by atoms with Crippen LogP contribution in [0.3, 0.4) is 0 Å². The Morgan fingerprint density at radius 1 is 1.28 bits per heavy atom. The highest BCUT2D eigenvalue weighted by molar-refractivity contribution is 5.76. The zero-order chi connectivity index (χ0) is 13.1. The molecule has 0 radical (unpaired) electrons. The molecule has 0 saturated carbocycles. The van der Waals surface area contributed by atoms with Gasteiger partial charge in [-0.15, -0.1) is 0 Å². The number of benzene rings is 1. The predicted molar refractivity (Wildman–Crippen MR) is 63.6 cm³/mol. The summed E-state index contributed by atoms with van der Waals surface area (Å²) < 4.78 is 26.9. The Bertz CT molecular complexity index is 422. The van der Waals surface area contributed by atoms with Crippen molar-refractivity contribution in [2.24, 2.45) is 11.7 Å². The molecule has 2 rings (SSSR count). The fraction of sp³-hybridized carbons (Fsp3) is 0.462. The molecule has 0 aromatic heterocycles. The number of amides is 1. The maximum absolute atomic E-state index is 13.5. The Morgan fingerprint density at radius 3 is 2.33 bits per heavy atom. The number of nitrogens with two attached hydrogens (primary N) is 1. The van der Waals surface area contributed by atoms with Gasteiger partial charge in [0.2, 0.25) is 5.91 Å². The molecule has 0 spiro atoms. The van der Waals surface area contributed by atoms with Gasteiger partial charge in [-0.2, -0.15) is 0 Å². The number of carbonyl (C=O) groups excluding carboxylic acids is 1. The number of hydrogen-bond donors (Lipinski definition) is 1. The van der Waals surface area contributed by atoms with Crippen LogP contribution in [0.4, 0.5) is 8.78 Å². The lowest BCUT2D eigenvalue weighted by molar-refractivity contribution is -0.123. The Balaban J connectivity index is 1.98. The van der Waals surface area contributed by atoms with E-state index in [2.05, 4.69) is 0 Å². The highest BCUT2D eigenvalue weighted by Gasteiger charge is 2.24. The lowest BCUT2D eigenvalue weighted by Gasteiger charge is -2.30. The van der Waals surface area contributed by atoms with Crippen molar-refractivity contribution < 1.29 is 13.6 Å². The van der Waals surface area contributed by atoms with Crippen molar-refractivity contribution in [2.45, 2.75) is 19.4 Å². The summed E-state index contributed by atoms with van der Waals surface area (Å²) >= 11 is 0. The largest absolute Gasteiger partial charge is 0.369 e. The van der Waals surface area contributed by atoms with Gasteiger partial charge in [-0.05, 0) is 38.1 Å². The molecule has 98 valence electrons. The van der Waals surface area contributed by atoms with E-state index in [1.807, 2.05) is 4.90 Å². The van der Waals surface area contributed by atoms with Crippen LogP contribution in [-0.4, -0.2) is 23.9 Å². The van der Waals surface area contributed by atoms with Gasteiger partial charge in [0.15, 0.2) is 0 Å². The van der Waals surface area contributed by atoms with Crippen molar-refractivity contribution in [3.63, 3.8) is 0 Å². The molecule has 1 aliphatic heterocycles. The second-order valence-corrected chi connectivity index (χ2v) is 4.65. The maximum atomic E-state index is 13.5. The molecule has 1 saturated heterocycles. The first-order valence-electron chi connectivity index (χ1n) is 6.02. The molecule has 5 heteroatoms. The third kappa shape index (κ3) is 2.85. The van der Waals surface area contributed by atoms with Gasteiger partial charge in [0, 0.05) is 18.0 Å². The summed E-state index contributed by atoms with van der Waals surface area (Å²) in [5, 5.41) is 0. The normalized spacial score (nSPS) is 17.9. The monoisotopic (exact) mass is 254 g/mol. The van der Waals surface area contributed by atoms with E-state index in [9.17, 15) is 13.6 Å². The summed E-state index contributed by atoms with van der Waals surface area (Å²) in [6.07, 6.45) is 1.32. The first-order valence-corrected chi connectivity index (χ1v) is 6.02. The fourth-order valence-corrected chi connectivity index (χ4v) is 2.28. The van der Waals surface area contributed by atoms with Crippen LogP contribution in [0.1, 0.15) is 18.4 Å². The van der Waals surface area contributed by atoms with Crippen molar-refractivity contribution >= 4 is 5.91 Å². The van der Waals surface area contributed by atoms with Crippen molar-refractivity contribution in [2.75, 3.05) is 13.1 Å². The minimum absolute atomic E-state index is 0.0926. The highest BCUT2D eigenvalue weighted by atomic mass is 19.1. The van der Waals surface area contributed by atoms with E-state index in [1.165, 1.54) is 18.2 Å². The molecule has 0 aliphatic carbocycles. The number of primary amides is 1. The van der Waals surface area contributed by atoms with Crippen molar-refractivity contribution in [3.05, 3.63) is 35.4 Å². The molecule has 18 heavy (non-hydrogen) atoms. The topological polar surface area (TPSA) is 46.3 Å². The van der Waals surface area contributed by atoms with Crippen molar-refractivity contribution in [1.29, 1.82) is 0 Å². The highest BCUT2D eigenvalue weighted by Crippen LogP contribution is 2.20. The molecular formula is C13H16F2N2O. The quantitative estimate of drug-likeness (QED) is 0.891. The molecular weight excluding hydrogens is 238 g/mol. The summed E-state index contributed by atoms with van der Waals surface area (Å²) in [6, 6.07) is 3.87. The van der Waals surface area contributed by atoms with Crippen LogP contribution >= 0.6 is 0 Å². The molecule has 2 N–H and O–H groups in total. The van der Waals surface area contributed by atoms with Crippen LogP contribution in [-0.2, 0) is 11.3 Å². The Labute approximate surface area is 105 Å². The van der Waals surface area contributed by atoms with Crippen LogP contribution in [0, 0.1) is 17.6 Å². The SMILES string of the molecule is NC(=O)C1CCN(Cc2c(F)cccc2F)CC1. The molecule has 1 fully saturated rings. The van der Waals surface area contributed by atoms with E-state index in [1.54, 1.807) is 0 Å². The third-order valence-electron chi connectivity index (χ3n) is 3.43. The molecule has 1 aliphatic rings. The Hall–Kier alpha value is -1.49. The van der Waals surface area contributed by atoms with E-state index in [4.69, 9.17) is 5.73 Å². The zero-order valence-corrected chi connectivity index (χ0v) is 10.0. The molecule has 1 amide bonds. The first-order chi connectivity index (χ1) is 8.58. The second-order valence-electron chi connectivity index (χ2n) is 4.65. The molecule has 0 unspecified atom stereocenters. The summed E-state index contributed by atoms with van der Waals surface area (Å²) in [5.74, 6) is -1.43. The lowest BCUT2D eigenvalue weighted by Crippen LogP contribution is -2.38. The van der Waals surface area contributed by atoms with Gasteiger partial charge < -0.3 is 5.73 Å². The van der Waals surface area contributed by atoms with Crippen LogP contribution < -0.4 is 5.73 Å². The van der Waals surface area contributed by atoms with Gasteiger partial charge in [0.1, 0.15) is 11.6 Å². The zero-order valence-electron chi connectivity index (χ0n) is 10.0. The standard InChI is InChI=1S/C13H16F2N2O/c14-11-2-1-3-12(15)10(11)8-17-6-4-9(5-7-17)13(16)18/h1-3,9H,4-8H2,(H2,16,18). The van der Waals surface area contributed by atoms with Crippen molar-refractivity contribution in [1.82, 2.24) is 4.90 Å². The van der Waals surface area contributed by atoms with Crippen LogP contribution in [0.15, 0.2) is 18.2 Å². The van der Waals surface area contributed by atoms with Gasteiger partial charge in [-0.1, -0.05) is 6.07 Å². The third-order valence-corrected chi connectivity index (χ3v) is 3.43. The molecule has 1 aromatic carbocycles. The van der Waals surface area contributed by atoms with E-state index in [0.29, 0.717) is 25.9 Å². The molecule has 3 nitrogen and oxygen atoms in total. The van der Waals surface area contributed by atoms with Gasteiger partial charge in [0.25, 0.3) is 0 Å². The van der Waals surface area contributed by atoms with Crippen molar-refractivity contribution in [3.8, 4) is 0 Å². The number of carbonyl (C=O) groups is 1. The minimum atomic E-state index is -0.521. The Kier molecular flexibility index (Phi) is 3.91. The van der Waals surface area contributed by atoms with E-state index in [0.717, 1.165) is 0 Å². The summed E-state index contributed by atoms with van der Waals surface area (Å²) in [4.78, 5) is 13.0. The maximum Gasteiger partial charge on any atom is 0.220 e. The number of hydrogen-bond acceptors (Lipinski definition) is 2. The summed E-state index contributed by atoms with van der Waals surface area (Å²) in [5.41, 5.74) is 5.33. The van der Waals surface area contributed by atoms with Gasteiger partial charge >= 0.3 is 0 Å². The van der Waals surface area contributed by atoms with Crippen LogP contribution in [0.5, 0.6) is 0 Å². The molecule has 0 atom stereocenters. The second kappa shape index (κ2) is 5.44. The predicted octanol–water partition coefficient (Wildman–Crippen LogP) is 1.66. The van der Waals surface area contributed by atoms with Gasteiger partial charge in [0.05, 0.1) is 0 Å². The van der Waals surface area contributed by atoms with Gasteiger partial charge in [-0.3, -0.25) is 9.69 Å². The average molecular weight is 254 g/mol. The van der Waals surface area contributed by atoms with E-state index < -0.39 is 11.6 Å². The summed E-state index contributed by atoms with van der Waals surface area (Å²) in [7, 11) is 0. The number of likely N-dealkylation sites (tertiary alicyclic amines) is 1. The summed E-state index contributed by atoms with van der Waals surface area (Å²) in [6.45, 7) is 1.52. The lowest BCUT2D eigenvalue weighted by atomic mass is 9.96. The average Bonchev–Trinajstić information content (AvgIpc) is 2.34. The minimum Gasteiger partial charge on any atom is -0.369 e. The molecule has 1 heterocycles. The van der Waals surface area contributed by atoms with Crippen LogP contribution in [0.25, 0.3) is 0 Å². The number of rotatable bonds is 3. The van der Waals surface area contributed by atoms with Crippen LogP contribution in [0.2, 0.25) is 0 Å². The number of piperidine rings is 1. The molecule has 0 bridgehead atoms. The van der Waals surface area contributed by atoms with E-state index >= 15 is 0 Å². The Morgan fingerprint density at radius 2 is 1.83 bits per heavy atom. The van der Waals surface area contributed by atoms with E-state index in [-0.39, 0.29) is 23.9 Å². The smallest absolute Gasteiger partial charge is 0.220 e. The first kappa shape index (κ1) is 13.0. The number of nitrogens with zero attached hydrogens (tertiary/aromatic N) is 1. The van der Waals surface area contributed by atoms with Gasteiger partial charge in [-0.25, -0.2) is 8.78 Å². The number of halogens is 2. The fourth-order valence-electron chi connectivity index (χ4n) is 2.28. The molecule has 1 aromatic rings.